The van der Waals surface area contributed by atoms with Crippen molar-refractivity contribution in [3.63, 3.8) is 0 Å². The van der Waals surface area contributed by atoms with Crippen LogP contribution in [-0.4, -0.2) is 25.3 Å². The lowest BCUT2D eigenvalue weighted by Crippen LogP contribution is -2.26. The highest BCUT2D eigenvalue weighted by molar-refractivity contribution is 7.89. The largest absolute Gasteiger partial charge is 0.496 e. The summed E-state index contributed by atoms with van der Waals surface area (Å²) >= 11 is 0. The Labute approximate surface area is 150 Å². The first-order valence-corrected chi connectivity index (χ1v) is 9.75. The van der Waals surface area contributed by atoms with Crippen molar-refractivity contribution in [2.24, 2.45) is 0 Å². The average molecular weight is 365 g/mol. The Kier molecular flexibility index (Phi) is 5.58. The molecule has 1 N–H and O–H groups in total. The van der Waals surface area contributed by atoms with E-state index in [0.29, 0.717) is 11.4 Å². The van der Waals surface area contributed by atoms with Gasteiger partial charge in [0, 0.05) is 29.8 Å². The maximum absolute atomic E-state index is 12.9. The predicted molar refractivity (Wildman–Crippen MR) is 98.3 cm³/mol. The second-order valence-corrected chi connectivity index (χ2v) is 9.04. The Morgan fingerprint density at radius 1 is 1.24 bits per heavy atom. The van der Waals surface area contributed by atoms with Crippen LogP contribution < -0.4 is 9.46 Å². The van der Waals surface area contributed by atoms with E-state index in [1.807, 2.05) is 52.8 Å². The fraction of sp³-hybridized carbons (Fsp3) is 0.500. The summed E-state index contributed by atoms with van der Waals surface area (Å²) in [5.74, 6) is 0.652. The minimum atomic E-state index is -3.70. The number of para-hydroxylation sites is 1. The Bertz CT molecular complexity index is 833. The van der Waals surface area contributed by atoms with Gasteiger partial charge in [0.05, 0.1) is 12.8 Å². The summed E-state index contributed by atoms with van der Waals surface area (Å²) in [6, 6.07) is 7.43. The van der Waals surface area contributed by atoms with Gasteiger partial charge < -0.3 is 4.74 Å². The molecule has 0 saturated heterocycles. The second kappa shape index (κ2) is 7.17. The van der Waals surface area contributed by atoms with Crippen LogP contribution in [0.15, 0.2) is 35.4 Å². The molecule has 0 amide bonds. The van der Waals surface area contributed by atoms with Crippen molar-refractivity contribution in [1.29, 1.82) is 0 Å². The first-order valence-electron chi connectivity index (χ1n) is 8.27. The SMILES string of the molecule is COc1ccccc1CNS(=O)(=O)c1cn(C(C)C)nc1C(C)(C)C. The third-order valence-electron chi connectivity index (χ3n) is 3.87. The number of methoxy groups -OCH3 is 1. The van der Waals surface area contributed by atoms with E-state index in [0.717, 1.165) is 5.56 Å². The number of ether oxygens (including phenoxy) is 1. The first-order chi connectivity index (χ1) is 11.6. The maximum atomic E-state index is 12.9. The Balaban J connectivity index is 2.36. The van der Waals surface area contributed by atoms with Gasteiger partial charge in [-0.3, -0.25) is 4.68 Å². The minimum absolute atomic E-state index is 0.0827. The standard InChI is InChI=1S/C18H27N3O3S/c1-13(2)21-12-16(17(20-21)18(3,4)5)25(22,23)19-11-14-9-7-8-10-15(14)24-6/h7-10,12-13,19H,11H2,1-6H3. The van der Waals surface area contributed by atoms with Crippen LogP contribution in [0.5, 0.6) is 5.75 Å². The lowest BCUT2D eigenvalue weighted by molar-refractivity contribution is 0.409. The molecule has 1 aromatic heterocycles. The van der Waals surface area contributed by atoms with E-state index in [1.165, 1.54) is 0 Å². The highest BCUT2D eigenvalue weighted by atomic mass is 32.2. The van der Waals surface area contributed by atoms with Crippen molar-refractivity contribution in [3.8, 4) is 5.75 Å². The van der Waals surface area contributed by atoms with Gasteiger partial charge in [-0.15, -0.1) is 0 Å². The van der Waals surface area contributed by atoms with Gasteiger partial charge in [0.2, 0.25) is 10.0 Å². The zero-order chi connectivity index (χ0) is 18.8. The summed E-state index contributed by atoms with van der Waals surface area (Å²) in [6.45, 7) is 9.97. The highest BCUT2D eigenvalue weighted by Gasteiger charge is 2.30. The first kappa shape index (κ1) is 19.5. The van der Waals surface area contributed by atoms with Crippen LogP contribution in [0.1, 0.15) is 51.9 Å². The summed E-state index contributed by atoms with van der Waals surface area (Å²) in [7, 11) is -2.13. The zero-order valence-electron chi connectivity index (χ0n) is 15.7. The molecule has 0 unspecified atom stereocenters. The highest BCUT2D eigenvalue weighted by Crippen LogP contribution is 2.29. The molecular weight excluding hydrogens is 338 g/mol. The van der Waals surface area contributed by atoms with Crippen LogP contribution in [0.25, 0.3) is 0 Å². The van der Waals surface area contributed by atoms with E-state index < -0.39 is 10.0 Å². The van der Waals surface area contributed by atoms with E-state index >= 15 is 0 Å². The lowest BCUT2D eigenvalue weighted by Gasteiger charge is -2.18. The Morgan fingerprint density at radius 2 is 1.88 bits per heavy atom. The molecule has 2 rings (SSSR count). The van der Waals surface area contributed by atoms with Gasteiger partial charge in [-0.1, -0.05) is 39.0 Å². The van der Waals surface area contributed by atoms with Gasteiger partial charge in [0.1, 0.15) is 10.6 Å². The lowest BCUT2D eigenvalue weighted by atomic mass is 9.92. The van der Waals surface area contributed by atoms with Crippen molar-refractivity contribution in [2.75, 3.05) is 7.11 Å². The van der Waals surface area contributed by atoms with Crippen LogP contribution in [0.4, 0.5) is 0 Å². The van der Waals surface area contributed by atoms with Crippen molar-refractivity contribution >= 4 is 10.0 Å². The predicted octanol–water partition coefficient (Wildman–Crippen LogP) is 3.25. The molecule has 0 atom stereocenters. The molecule has 0 aliphatic carbocycles. The van der Waals surface area contributed by atoms with E-state index in [-0.39, 0.29) is 22.9 Å². The maximum Gasteiger partial charge on any atom is 0.244 e. The van der Waals surface area contributed by atoms with Crippen LogP contribution >= 0.6 is 0 Å². The topological polar surface area (TPSA) is 73.2 Å². The Hall–Kier alpha value is -1.86. The van der Waals surface area contributed by atoms with Crippen molar-refractivity contribution < 1.29 is 13.2 Å². The van der Waals surface area contributed by atoms with Crippen LogP contribution in [0.2, 0.25) is 0 Å². The van der Waals surface area contributed by atoms with Crippen LogP contribution in [0, 0.1) is 0 Å². The minimum Gasteiger partial charge on any atom is -0.496 e. The molecule has 1 aromatic carbocycles. The molecule has 6 nitrogen and oxygen atoms in total. The monoisotopic (exact) mass is 365 g/mol. The number of aromatic nitrogens is 2. The van der Waals surface area contributed by atoms with Crippen molar-refractivity contribution in [3.05, 3.63) is 41.7 Å². The number of rotatable bonds is 6. The van der Waals surface area contributed by atoms with Crippen molar-refractivity contribution in [1.82, 2.24) is 14.5 Å². The number of sulfonamides is 1. The van der Waals surface area contributed by atoms with Gasteiger partial charge in [-0.05, 0) is 19.9 Å². The van der Waals surface area contributed by atoms with Gasteiger partial charge in [0.25, 0.3) is 0 Å². The molecule has 0 aliphatic rings. The number of nitrogens with one attached hydrogen (secondary N) is 1. The molecule has 0 fully saturated rings. The molecular formula is C18H27N3O3S. The summed E-state index contributed by atoms with van der Waals surface area (Å²) in [5.41, 5.74) is 0.963. The molecule has 1 heterocycles. The van der Waals surface area contributed by atoms with Gasteiger partial charge in [0.15, 0.2) is 0 Å². The number of hydrogen-bond acceptors (Lipinski definition) is 4. The van der Waals surface area contributed by atoms with Gasteiger partial charge in [-0.25, -0.2) is 13.1 Å². The molecule has 0 bridgehead atoms. The van der Waals surface area contributed by atoms with Gasteiger partial charge in [-0.2, -0.15) is 5.10 Å². The molecule has 0 radical (unpaired) electrons. The number of benzene rings is 1. The molecule has 0 spiro atoms. The number of nitrogens with zero attached hydrogens (tertiary/aromatic N) is 2. The summed E-state index contributed by atoms with van der Waals surface area (Å²) in [4.78, 5) is 0.226. The third-order valence-corrected chi connectivity index (χ3v) is 5.27. The summed E-state index contributed by atoms with van der Waals surface area (Å²) in [6.07, 6.45) is 1.61. The zero-order valence-corrected chi connectivity index (χ0v) is 16.5. The molecule has 25 heavy (non-hydrogen) atoms. The number of hydrogen-bond donors (Lipinski definition) is 1. The normalized spacial score (nSPS) is 12.6. The van der Waals surface area contributed by atoms with E-state index in [2.05, 4.69) is 9.82 Å². The Morgan fingerprint density at radius 3 is 2.44 bits per heavy atom. The van der Waals surface area contributed by atoms with E-state index in [4.69, 9.17) is 4.74 Å². The molecule has 7 heteroatoms. The van der Waals surface area contributed by atoms with Crippen LogP contribution in [0.3, 0.4) is 0 Å². The van der Waals surface area contributed by atoms with Gasteiger partial charge >= 0.3 is 0 Å². The fourth-order valence-corrected chi connectivity index (χ4v) is 3.80. The second-order valence-electron chi connectivity index (χ2n) is 7.30. The molecule has 0 saturated carbocycles. The molecule has 2 aromatic rings. The third kappa shape index (κ3) is 4.41. The van der Waals surface area contributed by atoms with E-state index in [9.17, 15) is 8.42 Å². The molecule has 138 valence electrons. The summed E-state index contributed by atoms with van der Waals surface area (Å²) < 4.78 is 35.4. The smallest absolute Gasteiger partial charge is 0.244 e. The fourth-order valence-electron chi connectivity index (χ4n) is 2.46. The van der Waals surface area contributed by atoms with Crippen molar-refractivity contribution in [2.45, 2.75) is 57.5 Å². The quantitative estimate of drug-likeness (QED) is 0.853. The summed E-state index contributed by atoms with van der Waals surface area (Å²) in [5, 5.41) is 4.51. The van der Waals surface area contributed by atoms with Crippen LogP contribution in [-0.2, 0) is 22.0 Å². The average Bonchev–Trinajstić information content (AvgIpc) is 3.00. The molecule has 0 aliphatic heterocycles. The van der Waals surface area contributed by atoms with E-state index in [1.54, 1.807) is 24.1 Å².